The van der Waals surface area contributed by atoms with Crippen LogP contribution in [0, 0.1) is 11.8 Å². The van der Waals surface area contributed by atoms with Gasteiger partial charge in [0.25, 0.3) is 0 Å². The van der Waals surface area contributed by atoms with Gasteiger partial charge in [0.2, 0.25) is 15.9 Å². The largest absolute Gasteiger partial charge is 0.369 e. The number of carbonyl (C=O) groups is 1. The smallest absolute Gasteiger partial charge is 0.221 e. The van der Waals surface area contributed by atoms with Gasteiger partial charge in [-0.05, 0) is 62.0 Å². The second-order valence-corrected chi connectivity index (χ2v) is 9.56. The highest BCUT2D eigenvalue weighted by atomic mass is 32.2. The maximum absolute atomic E-state index is 13.6. The molecule has 0 spiro atoms. The van der Waals surface area contributed by atoms with E-state index < -0.39 is 79.0 Å². The summed E-state index contributed by atoms with van der Waals surface area (Å²) in [7, 11) is -5.34. The first kappa shape index (κ1) is 11.0. The van der Waals surface area contributed by atoms with Crippen molar-refractivity contribution in [2.75, 3.05) is 62.2 Å². The second kappa shape index (κ2) is 12.2. The van der Waals surface area contributed by atoms with E-state index in [1.165, 1.54) is 0 Å². The lowest BCUT2D eigenvalue weighted by molar-refractivity contribution is -0.114. The fourth-order valence-electron chi connectivity index (χ4n) is 3.34. The van der Waals surface area contributed by atoms with Crippen LogP contribution in [0.15, 0.2) is 24.2 Å². The normalized spacial score (nSPS) is 42.3. The van der Waals surface area contributed by atoms with E-state index in [0.717, 1.165) is 13.0 Å². The molecule has 33 heavy (non-hydrogen) atoms. The molecule has 1 amide bonds. The molecule has 0 radical (unpaired) electrons. The Morgan fingerprint density at radius 2 is 2.15 bits per heavy atom. The van der Waals surface area contributed by atoms with Crippen LogP contribution in [0.4, 0.5) is 11.4 Å². The second-order valence-electron chi connectivity index (χ2n) is 7.67. The van der Waals surface area contributed by atoms with Gasteiger partial charge in [0, 0.05) is 77.2 Å². The first-order valence-electron chi connectivity index (χ1n) is 19.6. The van der Waals surface area contributed by atoms with Crippen molar-refractivity contribution >= 4 is 27.3 Å². The van der Waals surface area contributed by atoms with Crippen LogP contribution in [-0.4, -0.2) is 75.5 Å². The van der Waals surface area contributed by atoms with Gasteiger partial charge in [0.1, 0.15) is 0 Å². The zero-order chi connectivity index (χ0) is 39.7. The van der Waals surface area contributed by atoms with Crippen molar-refractivity contribution in [2.45, 2.75) is 52.2 Å². The molecule has 186 valence electrons. The van der Waals surface area contributed by atoms with Gasteiger partial charge in [0.05, 0.1) is 9.87 Å². The number of hydrogen-bond donors (Lipinski definition) is 1. The van der Waals surface area contributed by atoms with Crippen LogP contribution in [-0.2, 0) is 14.8 Å². The van der Waals surface area contributed by atoms with E-state index >= 15 is 0 Å². The van der Waals surface area contributed by atoms with Crippen molar-refractivity contribution in [1.82, 2.24) is 9.21 Å². The lowest BCUT2D eigenvalue weighted by Gasteiger charge is -2.36. The summed E-state index contributed by atoms with van der Waals surface area (Å²) in [6, 6.07) is 0.254. The predicted octanol–water partition coefficient (Wildman–Crippen LogP) is 3.64. The van der Waals surface area contributed by atoms with Crippen LogP contribution in [0.3, 0.4) is 0 Å². The molecule has 0 aromatic heterocycles. The van der Waals surface area contributed by atoms with E-state index in [1.807, 2.05) is 0 Å². The van der Waals surface area contributed by atoms with Gasteiger partial charge < -0.3 is 10.2 Å². The van der Waals surface area contributed by atoms with E-state index in [-0.39, 0.29) is 72.8 Å². The van der Waals surface area contributed by atoms with Gasteiger partial charge in [-0.25, -0.2) is 12.7 Å². The SMILES string of the molecule is [2H]c1cc([2H])c(N([2H])C(C)=O)c([2H])c1N1CCN(C([2H])CCCN(C([2H])([2H])[2H])S(=O)(=O)CC2([2H])C([2H])([2H])C([2H])([2H])C([2H])([2H])C([2H])(C)C2([2H])[2H])CC1. The Morgan fingerprint density at radius 3 is 2.88 bits per heavy atom. The molecular weight excluding hydrogens is 436 g/mol. The molecule has 7 nitrogen and oxygen atoms in total. The van der Waals surface area contributed by atoms with E-state index in [1.54, 1.807) is 9.80 Å². The third-order valence-electron chi connectivity index (χ3n) is 4.97. The number of nitrogens with zero attached hydrogens (tertiary/aromatic N) is 3. The van der Waals surface area contributed by atoms with E-state index in [9.17, 15) is 13.2 Å². The summed E-state index contributed by atoms with van der Waals surface area (Å²) in [5, 5.41) is 0.405. The van der Waals surface area contributed by atoms with Crippen molar-refractivity contribution in [3.05, 3.63) is 24.2 Å². The minimum Gasteiger partial charge on any atom is -0.369 e. The predicted molar refractivity (Wildman–Crippen MR) is 136 cm³/mol. The molecule has 8 heteroatoms. The maximum atomic E-state index is 13.6. The van der Waals surface area contributed by atoms with Gasteiger partial charge in [-0.2, -0.15) is 0 Å². The molecule has 1 heterocycles. The monoisotopic (exact) mass is 496 g/mol. The summed E-state index contributed by atoms with van der Waals surface area (Å²) in [6.45, 7) is -2.75. The summed E-state index contributed by atoms with van der Waals surface area (Å²) >= 11 is 0. The van der Waals surface area contributed by atoms with Gasteiger partial charge in [-0.15, -0.1) is 0 Å². The molecule has 1 aromatic rings. The average molecular weight is 497 g/mol. The lowest BCUT2D eigenvalue weighted by Crippen LogP contribution is -2.46. The highest BCUT2D eigenvalue weighted by Gasteiger charge is 2.27. The number of piperazine rings is 1. The Bertz CT molecular complexity index is 1570. The fourth-order valence-corrected chi connectivity index (χ4v) is 4.42. The molecular formula is C25H42N4O3S. The number of benzene rings is 1. The van der Waals surface area contributed by atoms with Crippen molar-refractivity contribution in [2.24, 2.45) is 11.8 Å². The summed E-state index contributed by atoms with van der Waals surface area (Å²) in [4.78, 5) is 15.1. The molecule has 1 saturated carbocycles. The molecule has 3 rings (SSSR count). The molecule has 2 aliphatic rings. The number of amides is 1. The summed E-state index contributed by atoms with van der Waals surface area (Å²) in [5.74, 6) is -9.56. The molecule has 1 N–H and O–H groups in total. The van der Waals surface area contributed by atoms with E-state index in [0.29, 0.717) is 12.2 Å². The first-order valence-corrected chi connectivity index (χ1v) is 12.2. The molecule has 1 aromatic carbocycles. The first-order chi connectivity index (χ1) is 22.8. The van der Waals surface area contributed by atoms with E-state index in [2.05, 4.69) is 0 Å². The minimum atomic E-state index is -5.34. The molecule has 0 bridgehead atoms. The minimum absolute atomic E-state index is 0.0526. The van der Waals surface area contributed by atoms with Crippen LogP contribution in [0.2, 0.25) is 1.41 Å². The standard InChI is InChI=1S/C25H42N4O3S/c1-21-8-6-9-23(18-21)20-33(31,32)27(3)12-4-5-13-28-14-16-29(17-15-28)25-11-7-10-24(19-25)26-22(2)30/h7,10-11,19,21,23H,4-6,8-9,12-18,20H2,1-3H3,(H,26,30)/i3D3,6D2,8D2,9D2,10D,11D,13D,18D2,19D,21D,23D/hD. The van der Waals surface area contributed by atoms with Crippen LogP contribution >= 0.6 is 0 Å². The number of sulfonamides is 1. The average Bonchev–Trinajstić information content (AvgIpc) is 2.97. The Hall–Kier alpha value is -1.64. The molecule has 1 aliphatic heterocycles. The number of carbonyl (C=O) groups excluding carboxylic acids is 1. The van der Waals surface area contributed by atoms with Gasteiger partial charge in [-0.3, -0.25) is 9.69 Å². The zero-order valence-corrected chi connectivity index (χ0v) is 19.5. The highest BCUT2D eigenvalue weighted by molar-refractivity contribution is 7.89. The Labute approximate surface area is 225 Å². The maximum Gasteiger partial charge on any atom is 0.221 e. The van der Waals surface area contributed by atoms with Crippen molar-refractivity contribution in [3.63, 3.8) is 0 Å². The van der Waals surface area contributed by atoms with Gasteiger partial charge in [-0.1, -0.05) is 25.7 Å². The summed E-state index contributed by atoms with van der Waals surface area (Å²) in [6.07, 6.45) is -15.2. The molecule has 3 atom stereocenters. The molecule has 3 unspecified atom stereocenters. The Balaban J connectivity index is 1.77. The summed E-state index contributed by atoms with van der Waals surface area (Å²) < 4.78 is 175. The summed E-state index contributed by atoms with van der Waals surface area (Å²) in [5.41, 5.74) is -0.198. The molecule has 1 aliphatic carbocycles. The zero-order valence-electron chi connectivity index (χ0n) is 36.7. The van der Waals surface area contributed by atoms with Crippen LogP contribution < -0.4 is 10.2 Å². The Morgan fingerprint density at radius 1 is 1.36 bits per heavy atom. The number of hydrogen-bond acceptors (Lipinski definition) is 5. The van der Waals surface area contributed by atoms with E-state index in [4.69, 9.17) is 24.7 Å². The Kier molecular flexibility index (Phi) is 4.04. The fraction of sp³-hybridized carbons (Fsp3) is 0.720. The number of rotatable bonds is 10. The van der Waals surface area contributed by atoms with Crippen molar-refractivity contribution in [3.8, 4) is 0 Å². The molecule has 1 saturated heterocycles. The number of anilines is 2. The third-order valence-corrected chi connectivity index (χ3v) is 6.48. The van der Waals surface area contributed by atoms with Gasteiger partial charge >= 0.3 is 0 Å². The highest BCUT2D eigenvalue weighted by Crippen LogP contribution is 2.30. The van der Waals surface area contributed by atoms with Gasteiger partial charge in [0.15, 0.2) is 1.41 Å². The number of nitrogens with one attached hydrogen (secondary N) is 1. The van der Waals surface area contributed by atoms with Crippen LogP contribution in [0.5, 0.6) is 0 Å². The molecule has 2 fully saturated rings. The quantitative estimate of drug-likeness (QED) is 0.535. The third kappa shape index (κ3) is 8.26. The van der Waals surface area contributed by atoms with Crippen molar-refractivity contribution < 1.29 is 37.9 Å². The van der Waals surface area contributed by atoms with Crippen LogP contribution in [0.1, 0.15) is 75.5 Å². The van der Waals surface area contributed by atoms with Crippen molar-refractivity contribution in [1.29, 1.82) is 0 Å². The topological polar surface area (TPSA) is 73.0 Å². The van der Waals surface area contributed by atoms with Crippen LogP contribution in [0.25, 0.3) is 0 Å². The lowest BCUT2D eigenvalue weighted by atomic mass is 9.83.